The summed E-state index contributed by atoms with van der Waals surface area (Å²) in [6.45, 7) is 0. The van der Waals surface area contributed by atoms with Crippen molar-refractivity contribution in [3.63, 3.8) is 0 Å². The van der Waals surface area contributed by atoms with Gasteiger partial charge in [0.2, 0.25) is 5.88 Å². The summed E-state index contributed by atoms with van der Waals surface area (Å²) in [5.41, 5.74) is 1.28. The molecule has 2 aromatic rings. The number of thiocarbonyl (C=S) groups is 1. The van der Waals surface area contributed by atoms with Gasteiger partial charge in [0.05, 0.1) is 12.6 Å². The number of hydrogen-bond acceptors (Lipinski definition) is 3. The molecule has 0 unspecified atom stereocenters. The summed E-state index contributed by atoms with van der Waals surface area (Å²) in [5, 5.41) is 20.3. The monoisotopic (exact) mass is 298 g/mol. The molecule has 0 aliphatic rings. The Hall–Kier alpha value is -1.43. The van der Waals surface area contributed by atoms with Gasteiger partial charge in [-0.25, -0.2) is 0 Å². The van der Waals surface area contributed by atoms with E-state index in [1.807, 2.05) is 24.3 Å². The van der Waals surface area contributed by atoms with Gasteiger partial charge in [-0.3, -0.25) is 5.32 Å². The van der Waals surface area contributed by atoms with E-state index in [9.17, 15) is 5.11 Å². The van der Waals surface area contributed by atoms with Gasteiger partial charge in [-0.15, -0.1) is 5.11 Å². The fourth-order valence-electron chi connectivity index (χ4n) is 1.39. The van der Waals surface area contributed by atoms with E-state index in [0.29, 0.717) is 10.8 Å². The van der Waals surface area contributed by atoms with E-state index < -0.39 is 0 Å². The number of hydrogen-bond donors (Lipinski definition) is 4. The summed E-state index contributed by atoms with van der Waals surface area (Å²) >= 11 is 4.89. The normalized spacial score (nSPS) is 10.4. The molecule has 0 fully saturated rings. The van der Waals surface area contributed by atoms with Crippen molar-refractivity contribution in [1.29, 1.82) is 0 Å². The third-order valence-electron chi connectivity index (χ3n) is 2.16. The second-order valence-corrected chi connectivity index (χ2v) is 3.58. The molecule has 5 nitrogen and oxygen atoms in total. The quantitative estimate of drug-likeness (QED) is 0.353. The molecule has 1 heterocycles. The molecule has 0 amide bonds. The van der Waals surface area contributed by atoms with Crippen LogP contribution >= 0.6 is 12.2 Å². The number of aromatic hydroxyl groups is 1. The van der Waals surface area contributed by atoms with Crippen LogP contribution in [-0.4, -0.2) is 22.3 Å². The van der Waals surface area contributed by atoms with Gasteiger partial charge in [0.15, 0.2) is 5.69 Å². The first-order chi connectivity index (χ1) is 7.72. The minimum absolute atomic E-state index is 0. The second-order valence-electron chi connectivity index (χ2n) is 3.17. The molecule has 1 aromatic carbocycles. The maximum absolute atomic E-state index is 9.67. The molecule has 0 atom stereocenters. The molecule has 91 valence electrons. The van der Waals surface area contributed by atoms with Crippen molar-refractivity contribution < 1.29 is 27.3 Å². The zero-order chi connectivity index (χ0) is 11.5. The fraction of sp³-hybridized carbons (Fsp3) is 0.100. The molecule has 0 aliphatic heterocycles. The Kier molecular flexibility index (Phi) is 4.62. The van der Waals surface area contributed by atoms with E-state index in [-0.39, 0.29) is 22.9 Å². The van der Waals surface area contributed by atoms with Crippen LogP contribution in [0.5, 0.6) is 5.88 Å². The molecule has 0 aliphatic carbocycles. The van der Waals surface area contributed by atoms with E-state index in [0.717, 1.165) is 10.9 Å². The van der Waals surface area contributed by atoms with E-state index in [2.05, 4.69) is 20.5 Å². The predicted molar refractivity (Wildman–Crippen MR) is 64.7 cm³/mol. The summed E-state index contributed by atoms with van der Waals surface area (Å²) in [6.07, 6.45) is 0. The largest absolute Gasteiger partial charge is 2.00 e. The van der Waals surface area contributed by atoms with E-state index >= 15 is 0 Å². The van der Waals surface area contributed by atoms with E-state index in [1.54, 1.807) is 7.05 Å². The number of nitrogens with zero attached hydrogens (tertiary/aromatic N) is 1. The Labute approximate surface area is 114 Å². The zero-order valence-electron chi connectivity index (χ0n) is 8.91. The predicted octanol–water partition coefficient (Wildman–Crippen LogP) is 0.540. The first-order valence-corrected chi connectivity index (χ1v) is 5.11. The Balaban J connectivity index is 0.00000144. The van der Waals surface area contributed by atoms with Crippen LogP contribution in [0.25, 0.3) is 10.9 Å². The smallest absolute Gasteiger partial charge is 0.493 e. The number of aromatic nitrogens is 1. The summed E-state index contributed by atoms with van der Waals surface area (Å²) in [5.74, 6) is 0.0209. The van der Waals surface area contributed by atoms with Crippen molar-refractivity contribution in [2.24, 2.45) is 5.11 Å². The van der Waals surface area contributed by atoms with E-state index in [4.69, 9.17) is 12.2 Å². The first-order valence-electron chi connectivity index (χ1n) is 4.70. The van der Waals surface area contributed by atoms with Crippen LogP contribution in [0.3, 0.4) is 0 Å². The van der Waals surface area contributed by atoms with Crippen LogP contribution < -0.4 is 10.4 Å². The molecule has 1 radical (unpaired) electrons. The average Bonchev–Trinajstić information content (AvgIpc) is 2.62. The van der Waals surface area contributed by atoms with Crippen LogP contribution in [0.15, 0.2) is 29.4 Å². The van der Waals surface area contributed by atoms with Gasteiger partial charge in [-0.2, -0.15) is 0 Å². The Morgan fingerprint density at radius 2 is 2.18 bits per heavy atom. The zero-order valence-corrected chi connectivity index (χ0v) is 10.7. The molecule has 0 saturated carbocycles. The third-order valence-corrected chi connectivity index (χ3v) is 2.45. The van der Waals surface area contributed by atoms with Crippen LogP contribution in [-0.2, 0) is 17.1 Å². The SMILES string of the molecule is CNC(=S)[NH+]=Nc1c(O)[nH]c2ccccc12.[Cu+2]. The van der Waals surface area contributed by atoms with Crippen molar-refractivity contribution in [2.45, 2.75) is 0 Å². The summed E-state index contributed by atoms with van der Waals surface area (Å²) in [4.78, 5) is 2.83. The van der Waals surface area contributed by atoms with Crippen LogP contribution in [0.1, 0.15) is 0 Å². The van der Waals surface area contributed by atoms with Crippen LogP contribution in [0, 0.1) is 0 Å². The van der Waals surface area contributed by atoms with Gasteiger partial charge in [-0.05, 0) is 6.07 Å². The molecule has 17 heavy (non-hydrogen) atoms. The minimum atomic E-state index is 0. The van der Waals surface area contributed by atoms with Gasteiger partial charge >= 0.3 is 22.2 Å². The summed E-state index contributed by atoms with van der Waals surface area (Å²) in [7, 11) is 1.69. The molecular formula is C10H11CuN4OS+3. The summed E-state index contributed by atoms with van der Waals surface area (Å²) < 4.78 is 0. The molecule has 1 aromatic heterocycles. The maximum Gasteiger partial charge on any atom is 2.00 e. The molecule has 0 saturated heterocycles. The summed E-state index contributed by atoms with van der Waals surface area (Å²) in [6, 6.07) is 7.50. The van der Waals surface area contributed by atoms with Crippen molar-refractivity contribution >= 4 is 33.9 Å². The Morgan fingerprint density at radius 1 is 1.47 bits per heavy atom. The molecule has 4 N–H and O–H groups in total. The van der Waals surface area contributed by atoms with Gasteiger partial charge in [-0.1, -0.05) is 23.3 Å². The van der Waals surface area contributed by atoms with Crippen molar-refractivity contribution in [3.05, 3.63) is 24.3 Å². The Morgan fingerprint density at radius 3 is 2.88 bits per heavy atom. The number of azo groups is 1. The molecule has 0 spiro atoms. The maximum atomic E-state index is 9.67. The van der Waals surface area contributed by atoms with Crippen LogP contribution in [0.4, 0.5) is 5.69 Å². The number of aromatic amines is 1. The number of para-hydroxylation sites is 1. The van der Waals surface area contributed by atoms with Crippen molar-refractivity contribution in [2.75, 3.05) is 7.05 Å². The number of rotatable bonds is 1. The van der Waals surface area contributed by atoms with Gasteiger partial charge in [0.1, 0.15) is 0 Å². The fourth-order valence-corrected chi connectivity index (χ4v) is 1.43. The molecule has 7 heteroatoms. The van der Waals surface area contributed by atoms with Crippen molar-refractivity contribution in [3.8, 4) is 5.88 Å². The average molecular weight is 299 g/mol. The van der Waals surface area contributed by atoms with E-state index in [1.165, 1.54) is 0 Å². The van der Waals surface area contributed by atoms with Gasteiger partial charge in [0, 0.05) is 17.6 Å². The van der Waals surface area contributed by atoms with Gasteiger partial charge in [0.25, 0.3) is 0 Å². The van der Waals surface area contributed by atoms with Crippen molar-refractivity contribution in [1.82, 2.24) is 10.3 Å². The number of benzene rings is 1. The standard InChI is InChI=1S/C10H10N4OS.Cu/c1-11-10(16)14-13-8-6-4-2-3-5-7(6)12-9(8)15;/h2-5,12,15H,1H3,(H,11,16);/q;+2/p+1. The topological polar surface area (TPSA) is 74.4 Å². The number of fused-ring (bicyclic) bond motifs is 1. The number of nitrogens with one attached hydrogen (secondary N) is 3. The third kappa shape index (κ3) is 2.82. The Bertz CT molecular complexity index is 566. The minimum Gasteiger partial charge on any atom is -0.493 e. The molecule has 0 bridgehead atoms. The second kappa shape index (κ2) is 5.77. The molecule has 2 rings (SSSR count). The number of H-pyrrole nitrogens is 1. The van der Waals surface area contributed by atoms with Crippen LogP contribution in [0.2, 0.25) is 0 Å². The molecular weight excluding hydrogens is 288 g/mol. The first kappa shape index (κ1) is 13.6. The van der Waals surface area contributed by atoms with Gasteiger partial charge < -0.3 is 10.1 Å².